The molecule has 1 amide bonds. The maximum atomic E-state index is 11.3. The van der Waals surface area contributed by atoms with Crippen molar-refractivity contribution >= 4 is 5.91 Å². The molecule has 1 atom stereocenters. The first-order chi connectivity index (χ1) is 9.20. The van der Waals surface area contributed by atoms with E-state index in [4.69, 9.17) is 0 Å². The Labute approximate surface area is 114 Å². The zero-order chi connectivity index (χ0) is 13.7. The van der Waals surface area contributed by atoms with Crippen LogP contribution < -0.4 is 5.32 Å². The van der Waals surface area contributed by atoms with Crippen LogP contribution in [0.4, 0.5) is 0 Å². The highest BCUT2D eigenvalue weighted by atomic mass is 16.3. The summed E-state index contributed by atoms with van der Waals surface area (Å²) < 4.78 is 0. The van der Waals surface area contributed by atoms with E-state index in [2.05, 4.69) is 5.32 Å². The van der Waals surface area contributed by atoms with Crippen LogP contribution in [0, 0.1) is 0 Å². The average Bonchev–Trinajstić information content (AvgIpc) is 2.46. The van der Waals surface area contributed by atoms with Crippen molar-refractivity contribution in [3.63, 3.8) is 0 Å². The molecule has 104 valence electrons. The van der Waals surface area contributed by atoms with Crippen molar-refractivity contribution in [2.45, 2.75) is 31.8 Å². The van der Waals surface area contributed by atoms with E-state index in [1.54, 1.807) is 6.92 Å². The number of nitrogens with one attached hydrogen (secondary N) is 1. The summed E-state index contributed by atoms with van der Waals surface area (Å²) in [5, 5.41) is 13.0. The third-order valence-corrected chi connectivity index (χ3v) is 3.76. The van der Waals surface area contributed by atoms with E-state index in [9.17, 15) is 9.90 Å². The summed E-state index contributed by atoms with van der Waals surface area (Å²) >= 11 is 0. The van der Waals surface area contributed by atoms with Gasteiger partial charge in [0.1, 0.15) is 0 Å². The van der Waals surface area contributed by atoms with Gasteiger partial charge in [0, 0.05) is 26.1 Å². The number of benzene rings is 1. The molecular weight excluding hydrogens is 240 g/mol. The molecule has 0 unspecified atom stereocenters. The first-order valence-corrected chi connectivity index (χ1v) is 6.88. The van der Waals surface area contributed by atoms with Gasteiger partial charge in [-0.15, -0.1) is 0 Å². The number of hydrogen-bond donors (Lipinski definition) is 2. The molecule has 0 radical (unpaired) electrons. The fraction of sp³-hybridized carbons (Fsp3) is 0.533. The number of carbonyl (C=O) groups is 1. The van der Waals surface area contributed by atoms with Crippen LogP contribution in [0.25, 0.3) is 0 Å². The van der Waals surface area contributed by atoms with E-state index in [0.717, 1.165) is 31.5 Å². The van der Waals surface area contributed by atoms with Gasteiger partial charge in [-0.2, -0.15) is 0 Å². The molecule has 2 N–H and O–H groups in total. The van der Waals surface area contributed by atoms with Gasteiger partial charge in [0.15, 0.2) is 0 Å². The van der Waals surface area contributed by atoms with Crippen LogP contribution in [-0.4, -0.2) is 41.7 Å². The zero-order valence-corrected chi connectivity index (χ0v) is 11.4. The molecule has 1 aliphatic heterocycles. The van der Waals surface area contributed by atoms with E-state index < -0.39 is 0 Å². The van der Waals surface area contributed by atoms with E-state index >= 15 is 0 Å². The van der Waals surface area contributed by atoms with Gasteiger partial charge in [-0.1, -0.05) is 30.3 Å². The SMILES string of the molecule is CC(=O)N1CCC(N[C@@H](CO)c2ccccc2)CC1. The summed E-state index contributed by atoms with van der Waals surface area (Å²) in [6.07, 6.45) is 1.89. The summed E-state index contributed by atoms with van der Waals surface area (Å²) in [6, 6.07) is 10.3. The molecule has 0 aromatic heterocycles. The first kappa shape index (κ1) is 14.0. The second-order valence-electron chi connectivity index (χ2n) is 5.09. The molecule has 4 heteroatoms. The molecule has 19 heavy (non-hydrogen) atoms. The number of hydrogen-bond acceptors (Lipinski definition) is 3. The minimum atomic E-state index is -0.0184. The normalized spacial score (nSPS) is 18.3. The van der Waals surface area contributed by atoms with Crippen LogP contribution in [0.5, 0.6) is 0 Å². The highest BCUT2D eigenvalue weighted by Crippen LogP contribution is 2.17. The summed E-state index contributed by atoms with van der Waals surface area (Å²) in [5.74, 6) is 0.153. The van der Waals surface area contributed by atoms with Gasteiger partial charge >= 0.3 is 0 Å². The van der Waals surface area contributed by atoms with E-state index in [1.807, 2.05) is 35.2 Å². The third kappa shape index (κ3) is 3.78. The van der Waals surface area contributed by atoms with Gasteiger partial charge in [0.2, 0.25) is 5.91 Å². The molecule has 1 heterocycles. The van der Waals surface area contributed by atoms with Crippen LogP contribution >= 0.6 is 0 Å². The number of rotatable bonds is 4. The van der Waals surface area contributed by atoms with Crippen molar-refractivity contribution in [3.8, 4) is 0 Å². The highest BCUT2D eigenvalue weighted by Gasteiger charge is 2.23. The van der Waals surface area contributed by atoms with Gasteiger partial charge in [-0.25, -0.2) is 0 Å². The molecule has 0 spiro atoms. The average molecular weight is 262 g/mol. The van der Waals surface area contributed by atoms with Gasteiger partial charge < -0.3 is 15.3 Å². The van der Waals surface area contributed by atoms with Gasteiger partial charge in [0.25, 0.3) is 0 Å². The quantitative estimate of drug-likeness (QED) is 0.860. The number of aliphatic hydroxyl groups is 1. The Morgan fingerprint density at radius 3 is 2.53 bits per heavy atom. The molecule has 1 fully saturated rings. The summed E-state index contributed by atoms with van der Waals surface area (Å²) in [6.45, 7) is 3.32. The third-order valence-electron chi connectivity index (χ3n) is 3.76. The number of piperidine rings is 1. The Hall–Kier alpha value is -1.39. The van der Waals surface area contributed by atoms with Gasteiger partial charge in [-0.3, -0.25) is 4.79 Å². The maximum absolute atomic E-state index is 11.3. The Bertz CT molecular complexity index is 400. The predicted molar refractivity (Wildman–Crippen MR) is 74.7 cm³/mol. The van der Waals surface area contributed by atoms with Crippen LogP contribution in [0.2, 0.25) is 0 Å². The van der Waals surface area contributed by atoms with Crippen LogP contribution in [0.3, 0.4) is 0 Å². The molecule has 1 aromatic carbocycles. The minimum absolute atomic E-state index is 0.0184. The topological polar surface area (TPSA) is 52.6 Å². The fourth-order valence-corrected chi connectivity index (χ4v) is 2.59. The van der Waals surface area contributed by atoms with Crippen molar-refractivity contribution in [3.05, 3.63) is 35.9 Å². The molecule has 0 saturated carbocycles. The standard InChI is InChI=1S/C15H22N2O2/c1-12(19)17-9-7-14(8-10-17)16-15(11-18)13-5-3-2-4-6-13/h2-6,14-16,18H,7-11H2,1H3/t15-/m0/s1. The van der Waals surface area contributed by atoms with Crippen LogP contribution in [-0.2, 0) is 4.79 Å². The zero-order valence-electron chi connectivity index (χ0n) is 11.4. The second-order valence-corrected chi connectivity index (χ2v) is 5.09. The lowest BCUT2D eigenvalue weighted by molar-refractivity contribution is -0.129. The van der Waals surface area contributed by atoms with Crippen molar-refractivity contribution in [2.24, 2.45) is 0 Å². The Kier molecular flexibility index (Phi) is 4.93. The van der Waals surface area contributed by atoms with Crippen molar-refractivity contribution in [1.82, 2.24) is 10.2 Å². The highest BCUT2D eigenvalue weighted by molar-refractivity contribution is 5.73. The van der Waals surface area contributed by atoms with Crippen LogP contribution in [0.1, 0.15) is 31.4 Å². The van der Waals surface area contributed by atoms with E-state index in [1.165, 1.54) is 0 Å². The Balaban J connectivity index is 1.89. The first-order valence-electron chi connectivity index (χ1n) is 6.88. The predicted octanol–water partition coefficient (Wildman–Crippen LogP) is 1.32. The maximum Gasteiger partial charge on any atom is 0.219 e. The number of aliphatic hydroxyl groups excluding tert-OH is 1. The molecule has 1 saturated heterocycles. The van der Waals surface area contributed by atoms with Crippen molar-refractivity contribution < 1.29 is 9.90 Å². The van der Waals surface area contributed by atoms with E-state index in [-0.39, 0.29) is 18.6 Å². The molecule has 1 aliphatic rings. The number of likely N-dealkylation sites (tertiary alicyclic amines) is 1. The lowest BCUT2D eigenvalue weighted by atomic mass is 10.0. The number of carbonyl (C=O) groups excluding carboxylic acids is 1. The molecule has 2 rings (SSSR count). The van der Waals surface area contributed by atoms with E-state index in [0.29, 0.717) is 6.04 Å². The summed E-state index contributed by atoms with van der Waals surface area (Å²) in [5.41, 5.74) is 1.11. The molecule has 0 bridgehead atoms. The second kappa shape index (κ2) is 6.68. The molecule has 0 aliphatic carbocycles. The Morgan fingerprint density at radius 1 is 1.37 bits per heavy atom. The number of nitrogens with zero attached hydrogens (tertiary/aromatic N) is 1. The lowest BCUT2D eigenvalue weighted by Gasteiger charge is -2.34. The van der Waals surface area contributed by atoms with Gasteiger partial charge in [0.05, 0.1) is 12.6 Å². The Morgan fingerprint density at radius 2 is 2.00 bits per heavy atom. The number of amides is 1. The van der Waals surface area contributed by atoms with Crippen LogP contribution in [0.15, 0.2) is 30.3 Å². The van der Waals surface area contributed by atoms with Crippen molar-refractivity contribution in [1.29, 1.82) is 0 Å². The molecule has 1 aromatic rings. The fourth-order valence-electron chi connectivity index (χ4n) is 2.59. The van der Waals surface area contributed by atoms with Gasteiger partial charge in [-0.05, 0) is 18.4 Å². The largest absolute Gasteiger partial charge is 0.394 e. The smallest absolute Gasteiger partial charge is 0.219 e. The summed E-state index contributed by atoms with van der Waals surface area (Å²) in [4.78, 5) is 13.2. The summed E-state index contributed by atoms with van der Waals surface area (Å²) in [7, 11) is 0. The minimum Gasteiger partial charge on any atom is -0.394 e. The monoisotopic (exact) mass is 262 g/mol. The molecular formula is C15H22N2O2. The lowest BCUT2D eigenvalue weighted by Crippen LogP contribution is -2.45. The molecule has 4 nitrogen and oxygen atoms in total. The van der Waals surface area contributed by atoms with Crippen molar-refractivity contribution in [2.75, 3.05) is 19.7 Å².